The summed E-state index contributed by atoms with van der Waals surface area (Å²) in [6, 6.07) is 9.97. The van der Waals surface area contributed by atoms with Gasteiger partial charge in [-0.05, 0) is 50.5 Å². The summed E-state index contributed by atoms with van der Waals surface area (Å²) >= 11 is 7.38. The summed E-state index contributed by atoms with van der Waals surface area (Å²) in [6.45, 7) is 3.96. The molecule has 1 aliphatic rings. The SMILES string of the molecule is Cc1c(C#N)c(NC(=O)CSc2nncn2-c2cccc(Cl)c2)n(C2CCCC2)c1C. The van der Waals surface area contributed by atoms with Crippen LogP contribution >= 0.6 is 23.4 Å². The van der Waals surface area contributed by atoms with Crippen molar-refractivity contribution < 1.29 is 4.79 Å². The predicted octanol–water partition coefficient (Wildman–Crippen LogP) is 5.06. The fourth-order valence-electron chi connectivity index (χ4n) is 4.13. The minimum absolute atomic E-state index is 0.151. The summed E-state index contributed by atoms with van der Waals surface area (Å²) in [5.74, 6) is 0.586. The van der Waals surface area contributed by atoms with E-state index in [1.54, 1.807) is 17.0 Å². The van der Waals surface area contributed by atoms with Crippen molar-refractivity contribution in [1.29, 1.82) is 5.26 Å². The van der Waals surface area contributed by atoms with Crippen molar-refractivity contribution in [3.05, 3.63) is 52.4 Å². The zero-order valence-electron chi connectivity index (χ0n) is 17.4. The number of rotatable bonds is 6. The van der Waals surface area contributed by atoms with E-state index in [0.29, 0.717) is 27.6 Å². The Morgan fingerprint density at radius 2 is 2.13 bits per heavy atom. The maximum Gasteiger partial charge on any atom is 0.235 e. The molecule has 0 unspecified atom stereocenters. The summed E-state index contributed by atoms with van der Waals surface area (Å²) in [7, 11) is 0. The molecular formula is C22H23ClN6OS. The topological polar surface area (TPSA) is 88.5 Å². The number of amides is 1. The van der Waals surface area contributed by atoms with Crippen LogP contribution in [0.5, 0.6) is 0 Å². The summed E-state index contributed by atoms with van der Waals surface area (Å²) in [4.78, 5) is 12.8. The number of nitrogens with zero attached hydrogens (tertiary/aromatic N) is 5. The van der Waals surface area contributed by atoms with E-state index >= 15 is 0 Å². The zero-order valence-corrected chi connectivity index (χ0v) is 19.0. The number of halogens is 1. The Labute approximate surface area is 190 Å². The summed E-state index contributed by atoms with van der Waals surface area (Å²) in [5, 5.41) is 22.0. The monoisotopic (exact) mass is 454 g/mol. The molecule has 7 nitrogen and oxygen atoms in total. The second kappa shape index (κ2) is 9.16. The quantitative estimate of drug-likeness (QED) is 0.526. The zero-order chi connectivity index (χ0) is 22.0. The molecule has 0 atom stereocenters. The third kappa shape index (κ3) is 4.34. The second-order valence-electron chi connectivity index (χ2n) is 7.65. The van der Waals surface area contributed by atoms with Gasteiger partial charge in [-0.3, -0.25) is 9.36 Å². The number of thioether (sulfide) groups is 1. The van der Waals surface area contributed by atoms with Crippen molar-refractivity contribution in [3.63, 3.8) is 0 Å². The van der Waals surface area contributed by atoms with Gasteiger partial charge in [-0.25, -0.2) is 0 Å². The first-order valence-corrected chi connectivity index (χ1v) is 11.6. The van der Waals surface area contributed by atoms with E-state index in [1.807, 2.05) is 32.0 Å². The van der Waals surface area contributed by atoms with Crippen LogP contribution in [0.3, 0.4) is 0 Å². The molecule has 0 radical (unpaired) electrons. The van der Waals surface area contributed by atoms with Crippen LogP contribution in [0.2, 0.25) is 5.02 Å². The van der Waals surface area contributed by atoms with Crippen molar-refractivity contribution in [1.82, 2.24) is 19.3 Å². The van der Waals surface area contributed by atoms with Crippen LogP contribution < -0.4 is 5.32 Å². The average molecular weight is 455 g/mol. The van der Waals surface area contributed by atoms with Gasteiger partial charge in [-0.15, -0.1) is 10.2 Å². The molecule has 1 amide bonds. The van der Waals surface area contributed by atoms with Crippen LogP contribution in [0.1, 0.15) is 48.5 Å². The first kappa shape index (κ1) is 21.5. The molecule has 0 aliphatic heterocycles. The van der Waals surface area contributed by atoms with Gasteiger partial charge in [-0.1, -0.05) is 42.3 Å². The summed E-state index contributed by atoms with van der Waals surface area (Å²) in [6.07, 6.45) is 6.08. The number of carbonyl (C=O) groups is 1. The van der Waals surface area contributed by atoms with Crippen LogP contribution in [-0.4, -0.2) is 31.0 Å². The fraction of sp³-hybridized carbons (Fsp3) is 0.364. The number of nitriles is 1. The van der Waals surface area contributed by atoms with E-state index in [-0.39, 0.29) is 11.7 Å². The highest BCUT2D eigenvalue weighted by atomic mass is 35.5. The lowest BCUT2D eigenvalue weighted by Gasteiger charge is -2.19. The lowest BCUT2D eigenvalue weighted by atomic mass is 10.2. The molecule has 2 aromatic heterocycles. The second-order valence-corrected chi connectivity index (χ2v) is 9.03. The van der Waals surface area contributed by atoms with Gasteiger partial charge < -0.3 is 9.88 Å². The van der Waals surface area contributed by atoms with Crippen molar-refractivity contribution >= 4 is 35.1 Å². The largest absolute Gasteiger partial charge is 0.327 e. The molecule has 160 valence electrons. The average Bonchev–Trinajstić information content (AvgIpc) is 3.48. The molecule has 4 rings (SSSR count). The van der Waals surface area contributed by atoms with Gasteiger partial charge in [0.15, 0.2) is 5.16 Å². The number of anilines is 1. The Kier molecular flexibility index (Phi) is 6.35. The molecule has 0 saturated heterocycles. The van der Waals surface area contributed by atoms with Gasteiger partial charge in [0.1, 0.15) is 18.2 Å². The van der Waals surface area contributed by atoms with Crippen LogP contribution in [-0.2, 0) is 4.79 Å². The van der Waals surface area contributed by atoms with Crippen molar-refractivity contribution in [2.45, 2.75) is 50.7 Å². The van der Waals surface area contributed by atoms with E-state index in [9.17, 15) is 10.1 Å². The van der Waals surface area contributed by atoms with Crippen molar-refractivity contribution in [3.8, 4) is 11.8 Å². The fourth-order valence-corrected chi connectivity index (χ4v) is 5.04. The predicted molar refractivity (Wildman–Crippen MR) is 122 cm³/mol. The van der Waals surface area contributed by atoms with E-state index in [0.717, 1.165) is 29.8 Å². The van der Waals surface area contributed by atoms with Gasteiger partial charge in [0, 0.05) is 16.8 Å². The smallest absolute Gasteiger partial charge is 0.235 e. The van der Waals surface area contributed by atoms with E-state index in [4.69, 9.17) is 11.6 Å². The van der Waals surface area contributed by atoms with Crippen LogP contribution in [0.25, 0.3) is 5.69 Å². The number of aromatic nitrogens is 4. The highest BCUT2D eigenvalue weighted by Crippen LogP contribution is 2.37. The molecule has 1 aromatic carbocycles. The number of hydrogen-bond acceptors (Lipinski definition) is 5. The Bertz CT molecular complexity index is 1160. The molecule has 1 aliphatic carbocycles. The molecule has 1 N–H and O–H groups in total. The number of hydrogen-bond donors (Lipinski definition) is 1. The normalized spacial score (nSPS) is 14.0. The van der Waals surface area contributed by atoms with Gasteiger partial charge in [-0.2, -0.15) is 5.26 Å². The van der Waals surface area contributed by atoms with E-state index in [2.05, 4.69) is 26.2 Å². The third-order valence-corrected chi connectivity index (χ3v) is 6.93. The standard InChI is InChI=1S/C22H23ClN6OS/c1-14-15(2)29(17-7-3-4-8-17)21(19(14)11-24)26-20(30)12-31-22-27-25-13-28(22)18-9-5-6-16(23)10-18/h5-6,9-10,13,17H,3-4,7-8,12H2,1-2H3,(H,26,30). The van der Waals surface area contributed by atoms with Crippen molar-refractivity contribution in [2.24, 2.45) is 0 Å². The number of carbonyl (C=O) groups excluding carboxylic acids is 1. The van der Waals surface area contributed by atoms with Gasteiger partial charge in [0.2, 0.25) is 5.91 Å². The maximum atomic E-state index is 12.8. The minimum atomic E-state index is -0.182. The first-order valence-electron chi connectivity index (χ1n) is 10.2. The maximum absolute atomic E-state index is 12.8. The Morgan fingerprint density at radius 3 is 2.84 bits per heavy atom. The lowest BCUT2D eigenvalue weighted by Crippen LogP contribution is -2.20. The van der Waals surface area contributed by atoms with Gasteiger partial charge in [0.25, 0.3) is 0 Å². The molecule has 1 saturated carbocycles. The Morgan fingerprint density at radius 1 is 1.35 bits per heavy atom. The Hall–Kier alpha value is -2.76. The highest BCUT2D eigenvalue weighted by molar-refractivity contribution is 7.99. The first-order chi connectivity index (χ1) is 15.0. The molecule has 2 heterocycles. The van der Waals surface area contributed by atoms with Crippen LogP contribution in [0.15, 0.2) is 35.7 Å². The summed E-state index contributed by atoms with van der Waals surface area (Å²) < 4.78 is 3.94. The van der Waals surface area contributed by atoms with Crippen molar-refractivity contribution in [2.75, 3.05) is 11.1 Å². The number of benzene rings is 1. The molecule has 9 heteroatoms. The molecule has 0 spiro atoms. The molecule has 3 aromatic rings. The Balaban J connectivity index is 1.52. The van der Waals surface area contributed by atoms with Gasteiger partial charge in [0.05, 0.1) is 17.0 Å². The molecule has 0 bridgehead atoms. The molecular weight excluding hydrogens is 432 g/mol. The number of nitrogens with one attached hydrogen (secondary N) is 1. The third-order valence-electron chi connectivity index (χ3n) is 5.75. The van der Waals surface area contributed by atoms with E-state index in [1.165, 1.54) is 24.6 Å². The van der Waals surface area contributed by atoms with E-state index < -0.39 is 0 Å². The minimum Gasteiger partial charge on any atom is -0.327 e. The van der Waals surface area contributed by atoms with Crippen LogP contribution in [0.4, 0.5) is 5.82 Å². The van der Waals surface area contributed by atoms with Gasteiger partial charge >= 0.3 is 0 Å². The lowest BCUT2D eigenvalue weighted by molar-refractivity contribution is -0.113. The highest BCUT2D eigenvalue weighted by Gasteiger charge is 2.26. The summed E-state index contributed by atoms with van der Waals surface area (Å²) in [5.41, 5.74) is 3.35. The molecule has 1 fully saturated rings. The molecule has 31 heavy (non-hydrogen) atoms. The van der Waals surface area contributed by atoms with Crippen LogP contribution in [0, 0.1) is 25.2 Å².